The van der Waals surface area contributed by atoms with E-state index in [-0.39, 0.29) is 5.91 Å². The van der Waals surface area contributed by atoms with Gasteiger partial charge in [0, 0.05) is 5.69 Å². The van der Waals surface area contributed by atoms with Crippen molar-refractivity contribution in [2.75, 3.05) is 5.32 Å². The van der Waals surface area contributed by atoms with Crippen molar-refractivity contribution in [3.8, 4) is 0 Å². The topological polar surface area (TPSA) is 66.4 Å². The molecule has 0 radical (unpaired) electrons. The van der Waals surface area contributed by atoms with Gasteiger partial charge in [0.2, 0.25) is 5.91 Å². The number of rotatable bonds is 5. The number of aryl methyl sites for hydroxylation is 2. The first-order valence-electron chi connectivity index (χ1n) is 7.87. The van der Waals surface area contributed by atoms with Gasteiger partial charge in [-0.25, -0.2) is 0 Å². The molecule has 118 valence electrons. The summed E-state index contributed by atoms with van der Waals surface area (Å²) in [6, 6.07) is 6.01. The molecular weight excluding hydrogens is 278 g/mol. The third kappa shape index (κ3) is 3.38. The van der Waals surface area contributed by atoms with Crippen molar-refractivity contribution in [2.24, 2.45) is 11.8 Å². The van der Waals surface area contributed by atoms with E-state index in [9.17, 15) is 14.7 Å². The molecule has 22 heavy (non-hydrogen) atoms. The van der Waals surface area contributed by atoms with Gasteiger partial charge in [-0.15, -0.1) is 0 Å². The molecule has 1 amide bonds. The minimum atomic E-state index is -0.899. The second kappa shape index (κ2) is 7.25. The molecule has 2 N–H and O–H groups in total. The van der Waals surface area contributed by atoms with Gasteiger partial charge in [-0.3, -0.25) is 9.59 Å². The van der Waals surface area contributed by atoms with Gasteiger partial charge in [0.05, 0.1) is 11.8 Å². The van der Waals surface area contributed by atoms with Crippen LogP contribution in [0.5, 0.6) is 0 Å². The molecule has 0 unspecified atom stereocenters. The SMILES string of the molecule is CCc1cccc(CC)c1NC(=O)[C@H]1CC=CC[C@H]1C(=O)O. The van der Waals surface area contributed by atoms with E-state index in [1.54, 1.807) is 0 Å². The van der Waals surface area contributed by atoms with E-state index in [2.05, 4.69) is 5.32 Å². The van der Waals surface area contributed by atoms with E-state index in [4.69, 9.17) is 0 Å². The van der Waals surface area contributed by atoms with E-state index in [1.165, 1.54) is 0 Å². The Morgan fingerprint density at radius 1 is 1.09 bits per heavy atom. The molecule has 0 aliphatic heterocycles. The van der Waals surface area contributed by atoms with Crippen LogP contribution in [0.25, 0.3) is 0 Å². The number of amides is 1. The monoisotopic (exact) mass is 301 g/mol. The van der Waals surface area contributed by atoms with Crippen LogP contribution in [0.1, 0.15) is 37.8 Å². The van der Waals surface area contributed by atoms with Gasteiger partial charge in [0.1, 0.15) is 0 Å². The van der Waals surface area contributed by atoms with Crippen molar-refractivity contribution in [3.05, 3.63) is 41.5 Å². The molecule has 1 aromatic carbocycles. The maximum Gasteiger partial charge on any atom is 0.307 e. The first-order valence-corrected chi connectivity index (χ1v) is 7.87. The Labute approximate surface area is 131 Å². The standard InChI is InChI=1S/C18H23NO3/c1-3-12-8-7-9-13(4-2)16(12)19-17(20)14-10-5-6-11-15(14)18(21)22/h5-9,14-15H,3-4,10-11H2,1-2H3,(H,19,20)(H,21,22)/t14-,15+/m0/s1. The summed E-state index contributed by atoms with van der Waals surface area (Å²) in [6.07, 6.45) is 6.31. The van der Waals surface area contributed by atoms with Crippen molar-refractivity contribution in [3.63, 3.8) is 0 Å². The number of anilines is 1. The normalized spacial score (nSPS) is 20.6. The van der Waals surface area contributed by atoms with Crippen LogP contribution in [0.3, 0.4) is 0 Å². The zero-order valence-electron chi connectivity index (χ0n) is 13.1. The molecule has 4 heteroatoms. The average Bonchev–Trinajstić information content (AvgIpc) is 2.54. The molecule has 0 heterocycles. The molecule has 0 saturated heterocycles. The van der Waals surface area contributed by atoms with Crippen molar-refractivity contribution in [1.29, 1.82) is 0 Å². The lowest BCUT2D eigenvalue weighted by Crippen LogP contribution is -2.35. The summed E-state index contributed by atoms with van der Waals surface area (Å²) < 4.78 is 0. The molecule has 0 aromatic heterocycles. The molecule has 0 spiro atoms. The van der Waals surface area contributed by atoms with E-state index in [1.807, 2.05) is 44.2 Å². The number of carbonyl (C=O) groups is 2. The molecule has 4 nitrogen and oxygen atoms in total. The van der Waals surface area contributed by atoms with E-state index in [0.717, 1.165) is 29.7 Å². The number of nitrogens with one attached hydrogen (secondary N) is 1. The molecule has 2 rings (SSSR count). The second-order valence-electron chi connectivity index (χ2n) is 5.64. The number of carboxylic acid groups (broad SMARTS) is 1. The predicted molar refractivity (Wildman–Crippen MR) is 86.8 cm³/mol. The highest BCUT2D eigenvalue weighted by Gasteiger charge is 2.34. The van der Waals surface area contributed by atoms with Gasteiger partial charge in [-0.2, -0.15) is 0 Å². The Morgan fingerprint density at radius 3 is 2.14 bits per heavy atom. The number of para-hydroxylation sites is 1. The fraction of sp³-hybridized carbons (Fsp3) is 0.444. The average molecular weight is 301 g/mol. The Balaban J connectivity index is 2.25. The lowest BCUT2D eigenvalue weighted by Gasteiger charge is -2.25. The third-order valence-corrected chi connectivity index (χ3v) is 4.33. The summed E-state index contributed by atoms with van der Waals surface area (Å²) in [4.78, 5) is 24.0. The number of carboxylic acids is 1. The first-order chi connectivity index (χ1) is 10.6. The third-order valence-electron chi connectivity index (χ3n) is 4.33. The maximum atomic E-state index is 12.6. The van der Waals surface area contributed by atoms with Crippen LogP contribution in [0.2, 0.25) is 0 Å². The largest absolute Gasteiger partial charge is 0.481 e. The van der Waals surface area contributed by atoms with Crippen molar-refractivity contribution in [2.45, 2.75) is 39.5 Å². The summed E-state index contributed by atoms with van der Waals surface area (Å²) >= 11 is 0. The van der Waals surface area contributed by atoms with Crippen LogP contribution in [-0.2, 0) is 22.4 Å². The van der Waals surface area contributed by atoms with E-state index in [0.29, 0.717) is 12.8 Å². The van der Waals surface area contributed by atoms with Crippen LogP contribution in [0.4, 0.5) is 5.69 Å². The number of hydrogen-bond acceptors (Lipinski definition) is 2. The fourth-order valence-corrected chi connectivity index (χ4v) is 3.00. The molecule has 1 aliphatic carbocycles. The minimum Gasteiger partial charge on any atom is -0.481 e. The first kappa shape index (κ1) is 16.3. The van der Waals surface area contributed by atoms with Gasteiger partial charge in [0.15, 0.2) is 0 Å². The Morgan fingerprint density at radius 2 is 1.64 bits per heavy atom. The van der Waals surface area contributed by atoms with Gasteiger partial charge in [-0.05, 0) is 36.8 Å². The molecule has 1 aliphatic rings. The maximum absolute atomic E-state index is 12.6. The zero-order chi connectivity index (χ0) is 16.1. The van der Waals surface area contributed by atoms with Crippen LogP contribution < -0.4 is 5.32 Å². The van der Waals surface area contributed by atoms with Gasteiger partial charge >= 0.3 is 5.97 Å². The van der Waals surface area contributed by atoms with E-state index < -0.39 is 17.8 Å². The number of hydrogen-bond donors (Lipinski definition) is 2. The fourth-order valence-electron chi connectivity index (χ4n) is 3.00. The predicted octanol–water partition coefficient (Wildman–Crippen LogP) is 3.42. The van der Waals surface area contributed by atoms with Crippen LogP contribution >= 0.6 is 0 Å². The molecule has 2 atom stereocenters. The highest BCUT2D eigenvalue weighted by molar-refractivity contribution is 5.96. The number of carbonyl (C=O) groups excluding carboxylic acids is 1. The summed E-state index contributed by atoms with van der Waals surface area (Å²) in [6.45, 7) is 4.10. The summed E-state index contributed by atoms with van der Waals surface area (Å²) in [5.41, 5.74) is 3.04. The molecule has 0 bridgehead atoms. The highest BCUT2D eigenvalue weighted by atomic mass is 16.4. The van der Waals surface area contributed by atoms with E-state index >= 15 is 0 Å². The second-order valence-corrected chi connectivity index (χ2v) is 5.64. The molecular formula is C18H23NO3. The van der Waals surface area contributed by atoms with Gasteiger partial charge in [0.25, 0.3) is 0 Å². The molecule has 0 saturated carbocycles. The lowest BCUT2D eigenvalue weighted by atomic mass is 9.82. The minimum absolute atomic E-state index is 0.188. The van der Waals surface area contributed by atoms with Crippen LogP contribution in [0.15, 0.2) is 30.4 Å². The highest BCUT2D eigenvalue weighted by Crippen LogP contribution is 2.29. The smallest absolute Gasteiger partial charge is 0.307 e. The summed E-state index contributed by atoms with van der Waals surface area (Å²) in [7, 11) is 0. The van der Waals surface area contributed by atoms with Gasteiger partial charge in [-0.1, -0.05) is 44.2 Å². The molecule has 0 fully saturated rings. The molecule has 1 aromatic rings. The van der Waals surface area contributed by atoms with Crippen molar-refractivity contribution in [1.82, 2.24) is 0 Å². The van der Waals surface area contributed by atoms with Crippen molar-refractivity contribution < 1.29 is 14.7 Å². The van der Waals surface area contributed by atoms with Crippen LogP contribution in [0, 0.1) is 11.8 Å². The van der Waals surface area contributed by atoms with Crippen LogP contribution in [-0.4, -0.2) is 17.0 Å². The Hall–Kier alpha value is -2.10. The number of benzene rings is 1. The number of allylic oxidation sites excluding steroid dienone is 2. The Kier molecular flexibility index (Phi) is 5.36. The lowest BCUT2D eigenvalue weighted by molar-refractivity contribution is -0.146. The summed E-state index contributed by atoms with van der Waals surface area (Å²) in [5.74, 6) is -2.22. The summed E-state index contributed by atoms with van der Waals surface area (Å²) in [5, 5.41) is 12.3. The quantitative estimate of drug-likeness (QED) is 0.819. The van der Waals surface area contributed by atoms with Gasteiger partial charge < -0.3 is 10.4 Å². The zero-order valence-corrected chi connectivity index (χ0v) is 13.1. The number of aliphatic carboxylic acids is 1. The Bertz CT molecular complexity index is 570. The van der Waals surface area contributed by atoms with Crippen molar-refractivity contribution >= 4 is 17.6 Å².